The maximum Gasteiger partial charge on any atom is 0.246 e. The van der Waals surface area contributed by atoms with Crippen LogP contribution < -0.4 is 0 Å². The summed E-state index contributed by atoms with van der Waals surface area (Å²) >= 11 is 0. The fourth-order valence-corrected chi connectivity index (χ4v) is 4.45. The highest BCUT2D eigenvalue weighted by molar-refractivity contribution is 5.92. The van der Waals surface area contributed by atoms with Gasteiger partial charge in [-0.2, -0.15) is 0 Å². The predicted octanol–water partition coefficient (Wildman–Crippen LogP) is 1.40. The molecule has 0 spiro atoms. The van der Waals surface area contributed by atoms with Crippen LogP contribution in [0.1, 0.15) is 17.7 Å². The van der Waals surface area contributed by atoms with Crippen LogP contribution in [0.3, 0.4) is 0 Å². The van der Waals surface area contributed by atoms with E-state index >= 15 is 0 Å². The van der Waals surface area contributed by atoms with Crippen molar-refractivity contribution < 1.29 is 14.7 Å². The van der Waals surface area contributed by atoms with E-state index in [-0.39, 0.29) is 24.3 Å². The summed E-state index contributed by atoms with van der Waals surface area (Å²) in [7, 11) is 0. The smallest absolute Gasteiger partial charge is 0.246 e. The number of aromatic nitrogens is 2. The van der Waals surface area contributed by atoms with Gasteiger partial charge in [0.2, 0.25) is 11.8 Å². The number of carbonyl (C=O) groups excluding carboxylic acids is 2. The van der Waals surface area contributed by atoms with Gasteiger partial charge in [-0.1, -0.05) is 30.3 Å². The van der Waals surface area contributed by atoms with Gasteiger partial charge >= 0.3 is 0 Å². The van der Waals surface area contributed by atoms with Crippen molar-refractivity contribution in [1.82, 2.24) is 19.8 Å². The predicted molar refractivity (Wildman–Crippen MR) is 112 cm³/mol. The van der Waals surface area contributed by atoms with Crippen LogP contribution in [0.4, 0.5) is 0 Å². The molecule has 2 amide bonds. The number of aliphatic hydroxyl groups excluding tert-OH is 1. The molecule has 30 heavy (non-hydrogen) atoms. The van der Waals surface area contributed by atoms with E-state index < -0.39 is 5.41 Å². The monoisotopic (exact) mass is 406 g/mol. The van der Waals surface area contributed by atoms with E-state index in [0.29, 0.717) is 39.0 Å². The van der Waals surface area contributed by atoms with E-state index in [2.05, 4.69) is 9.97 Å². The minimum atomic E-state index is -0.432. The first kappa shape index (κ1) is 20.2. The Morgan fingerprint density at radius 3 is 2.60 bits per heavy atom. The second kappa shape index (κ2) is 8.75. The lowest BCUT2D eigenvalue weighted by atomic mass is 9.82. The van der Waals surface area contributed by atoms with Gasteiger partial charge in [-0.05, 0) is 18.1 Å². The summed E-state index contributed by atoms with van der Waals surface area (Å²) in [5.41, 5.74) is 1.34. The number of benzene rings is 1. The van der Waals surface area contributed by atoms with Gasteiger partial charge in [0.05, 0.1) is 12.3 Å². The number of nitrogens with zero attached hydrogens (tertiary/aromatic N) is 4. The van der Waals surface area contributed by atoms with Gasteiger partial charge in [-0.3, -0.25) is 19.6 Å². The van der Waals surface area contributed by atoms with E-state index in [4.69, 9.17) is 0 Å². The van der Waals surface area contributed by atoms with Crippen LogP contribution in [-0.2, 0) is 16.0 Å². The van der Waals surface area contributed by atoms with Crippen LogP contribution in [0.2, 0.25) is 0 Å². The summed E-state index contributed by atoms with van der Waals surface area (Å²) in [6.45, 7) is 2.07. The normalized spacial score (nSPS) is 23.2. The Bertz CT molecular complexity index is 919. The summed E-state index contributed by atoms with van der Waals surface area (Å²) in [6.07, 6.45) is 9.23. The first-order chi connectivity index (χ1) is 14.6. The van der Waals surface area contributed by atoms with Crippen molar-refractivity contribution in [3.8, 4) is 0 Å². The number of aryl methyl sites for hydroxylation is 1. The standard InChI is InChI=1S/C23H26N4O3/c28-17-23-15-26(21(29)8-6-18-4-2-1-3-5-18)13-19(23)14-27(16-23)22(30)9-7-20-12-24-10-11-25-20/h1-6,8,10-12,19,28H,7,9,13-17H2/b8-6+/t19-,23+/m1/s1. The molecule has 0 radical (unpaired) electrons. The Morgan fingerprint density at radius 2 is 1.90 bits per heavy atom. The quantitative estimate of drug-likeness (QED) is 0.733. The van der Waals surface area contributed by atoms with Crippen molar-refractivity contribution in [3.63, 3.8) is 0 Å². The second-order valence-corrected chi connectivity index (χ2v) is 8.15. The molecule has 1 N–H and O–H groups in total. The molecule has 1 aromatic heterocycles. The summed E-state index contributed by atoms with van der Waals surface area (Å²) in [5, 5.41) is 10.1. The highest BCUT2D eigenvalue weighted by atomic mass is 16.3. The van der Waals surface area contributed by atoms with Crippen molar-refractivity contribution in [2.45, 2.75) is 12.8 Å². The Labute approximate surface area is 176 Å². The molecule has 0 unspecified atom stereocenters. The number of likely N-dealkylation sites (tertiary alicyclic amines) is 2. The number of carbonyl (C=O) groups is 2. The SMILES string of the molecule is O=C(/C=C/c1ccccc1)N1C[C@@H]2CN(C(=O)CCc3cnccn3)C[C@]2(CO)C1. The fourth-order valence-electron chi connectivity index (χ4n) is 4.45. The molecule has 2 aromatic rings. The van der Waals surface area contributed by atoms with E-state index in [1.165, 1.54) is 0 Å². The molecule has 2 saturated heterocycles. The third-order valence-corrected chi connectivity index (χ3v) is 6.17. The lowest BCUT2D eigenvalue weighted by Crippen LogP contribution is -2.40. The van der Waals surface area contributed by atoms with Crippen molar-refractivity contribution >= 4 is 17.9 Å². The van der Waals surface area contributed by atoms with Crippen LogP contribution in [0, 0.1) is 11.3 Å². The summed E-state index contributed by atoms with van der Waals surface area (Å²) in [4.78, 5) is 37.2. The lowest BCUT2D eigenvalue weighted by molar-refractivity contribution is -0.131. The van der Waals surface area contributed by atoms with Gasteiger partial charge in [-0.15, -0.1) is 0 Å². The number of rotatable bonds is 6. The maximum absolute atomic E-state index is 12.7. The molecule has 7 nitrogen and oxygen atoms in total. The molecule has 0 saturated carbocycles. The van der Waals surface area contributed by atoms with Gasteiger partial charge in [0.15, 0.2) is 0 Å². The minimum absolute atomic E-state index is 0.0300. The lowest BCUT2D eigenvalue weighted by Gasteiger charge is -2.27. The Kier molecular flexibility index (Phi) is 5.90. The average Bonchev–Trinajstić information content (AvgIpc) is 3.32. The van der Waals surface area contributed by atoms with E-state index in [1.54, 1.807) is 29.6 Å². The molecule has 3 heterocycles. The Hall–Kier alpha value is -3.06. The fraction of sp³-hybridized carbons (Fsp3) is 0.391. The van der Waals surface area contributed by atoms with Crippen LogP contribution in [-0.4, -0.2) is 69.5 Å². The molecule has 156 valence electrons. The number of hydrogen-bond donors (Lipinski definition) is 1. The van der Waals surface area contributed by atoms with Gasteiger partial charge in [0, 0.05) is 68.6 Å². The molecule has 0 bridgehead atoms. The molecular formula is C23H26N4O3. The first-order valence-corrected chi connectivity index (χ1v) is 10.3. The molecule has 2 atom stereocenters. The Morgan fingerprint density at radius 1 is 1.13 bits per heavy atom. The molecule has 4 rings (SSSR count). The number of aliphatic hydroxyl groups is 1. The third kappa shape index (κ3) is 4.26. The number of fused-ring (bicyclic) bond motifs is 1. The summed E-state index contributed by atoms with van der Waals surface area (Å²) in [5.74, 6) is 0.100. The van der Waals surface area contributed by atoms with Crippen molar-refractivity contribution in [3.05, 3.63) is 66.3 Å². The molecule has 0 aliphatic carbocycles. The van der Waals surface area contributed by atoms with Crippen molar-refractivity contribution in [1.29, 1.82) is 0 Å². The molecular weight excluding hydrogens is 380 g/mol. The molecule has 2 aliphatic heterocycles. The van der Waals surface area contributed by atoms with Crippen LogP contribution in [0.25, 0.3) is 6.08 Å². The Balaban J connectivity index is 1.34. The maximum atomic E-state index is 12.7. The number of amides is 2. The van der Waals surface area contributed by atoms with Crippen LogP contribution >= 0.6 is 0 Å². The van der Waals surface area contributed by atoms with Gasteiger partial charge in [0.25, 0.3) is 0 Å². The van der Waals surface area contributed by atoms with Gasteiger partial charge < -0.3 is 14.9 Å². The molecule has 1 aromatic carbocycles. The number of hydrogen-bond acceptors (Lipinski definition) is 5. The van der Waals surface area contributed by atoms with Gasteiger partial charge in [0.1, 0.15) is 0 Å². The van der Waals surface area contributed by atoms with Gasteiger partial charge in [-0.25, -0.2) is 0 Å². The zero-order valence-electron chi connectivity index (χ0n) is 16.9. The third-order valence-electron chi connectivity index (χ3n) is 6.17. The van der Waals surface area contributed by atoms with E-state index in [0.717, 1.165) is 11.3 Å². The second-order valence-electron chi connectivity index (χ2n) is 8.15. The highest BCUT2D eigenvalue weighted by Gasteiger charge is 2.53. The van der Waals surface area contributed by atoms with Crippen molar-refractivity contribution in [2.75, 3.05) is 32.8 Å². The van der Waals surface area contributed by atoms with Crippen LogP contribution in [0.5, 0.6) is 0 Å². The summed E-state index contributed by atoms with van der Waals surface area (Å²) < 4.78 is 0. The molecule has 2 fully saturated rings. The topological polar surface area (TPSA) is 86.6 Å². The molecule has 2 aliphatic rings. The van der Waals surface area contributed by atoms with Crippen molar-refractivity contribution in [2.24, 2.45) is 11.3 Å². The zero-order valence-corrected chi connectivity index (χ0v) is 16.9. The summed E-state index contributed by atoms with van der Waals surface area (Å²) in [6, 6.07) is 9.69. The first-order valence-electron chi connectivity index (χ1n) is 10.3. The van der Waals surface area contributed by atoms with E-state index in [1.807, 2.05) is 41.3 Å². The van der Waals surface area contributed by atoms with E-state index in [9.17, 15) is 14.7 Å². The van der Waals surface area contributed by atoms with Crippen LogP contribution in [0.15, 0.2) is 55.0 Å². The molecule has 7 heteroatoms. The highest BCUT2D eigenvalue weighted by Crippen LogP contribution is 2.42. The average molecular weight is 406 g/mol. The minimum Gasteiger partial charge on any atom is -0.396 e. The zero-order chi connectivity index (χ0) is 21.0. The largest absolute Gasteiger partial charge is 0.396 e.